The molecule has 0 saturated carbocycles. The number of aryl methyl sites for hydroxylation is 1. The van der Waals surface area contributed by atoms with Crippen LogP contribution in [-0.2, 0) is 13.5 Å². The van der Waals surface area contributed by atoms with Crippen molar-refractivity contribution in [3.63, 3.8) is 0 Å². The van der Waals surface area contributed by atoms with E-state index in [4.69, 9.17) is 10.1 Å². The molecule has 0 amide bonds. The van der Waals surface area contributed by atoms with Crippen molar-refractivity contribution in [3.8, 4) is 28.6 Å². The first-order chi connectivity index (χ1) is 12.6. The zero-order valence-electron chi connectivity index (χ0n) is 15.1. The third-order valence-electron chi connectivity index (χ3n) is 4.17. The second-order valence-corrected chi connectivity index (χ2v) is 6.74. The maximum absolute atomic E-state index is 4.77. The smallest absolute Gasteiger partial charge is 0.181 e. The molecule has 0 aromatic carbocycles. The first-order valence-corrected chi connectivity index (χ1v) is 8.65. The molecule has 0 aliphatic rings. The summed E-state index contributed by atoms with van der Waals surface area (Å²) in [7, 11) is 2.00. The molecule has 4 heterocycles. The highest BCUT2D eigenvalue weighted by Crippen LogP contribution is 2.25. The van der Waals surface area contributed by atoms with Gasteiger partial charge in [0.2, 0.25) is 0 Å². The van der Waals surface area contributed by atoms with E-state index in [0.29, 0.717) is 5.92 Å². The largest absolute Gasteiger partial charge is 0.349 e. The van der Waals surface area contributed by atoms with E-state index in [1.807, 2.05) is 52.8 Å². The Balaban J connectivity index is 1.79. The molecule has 1 N–H and O–H groups in total. The minimum Gasteiger partial charge on any atom is -0.349 e. The Kier molecular flexibility index (Phi) is 4.12. The lowest BCUT2D eigenvalue weighted by Crippen LogP contribution is -2.01. The third-order valence-corrected chi connectivity index (χ3v) is 4.17. The fourth-order valence-electron chi connectivity index (χ4n) is 2.94. The van der Waals surface area contributed by atoms with Gasteiger partial charge in [0.05, 0.1) is 11.4 Å². The SMILES string of the molecule is CC(C)Cc1nc(-c2cc(-c3cccn3C)n[nH]2)n(-c2ccncc2)n1. The summed E-state index contributed by atoms with van der Waals surface area (Å²) in [6, 6.07) is 9.90. The van der Waals surface area contributed by atoms with E-state index in [9.17, 15) is 0 Å². The predicted molar refractivity (Wildman–Crippen MR) is 99.7 cm³/mol. The zero-order valence-corrected chi connectivity index (χ0v) is 15.1. The number of hydrogen-bond donors (Lipinski definition) is 1. The summed E-state index contributed by atoms with van der Waals surface area (Å²) in [6.45, 7) is 4.33. The Morgan fingerprint density at radius 1 is 1.15 bits per heavy atom. The van der Waals surface area contributed by atoms with E-state index in [2.05, 4.69) is 29.0 Å². The second-order valence-electron chi connectivity index (χ2n) is 6.74. The number of aromatic nitrogens is 7. The molecule has 0 aliphatic heterocycles. The summed E-state index contributed by atoms with van der Waals surface area (Å²) in [6.07, 6.45) is 6.34. The predicted octanol–water partition coefficient (Wildman–Crippen LogP) is 3.26. The first kappa shape index (κ1) is 16.3. The van der Waals surface area contributed by atoms with Crippen LogP contribution in [0.15, 0.2) is 48.9 Å². The molecule has 26 heavy (non-hydrogen) atoms. The maximum atomic E-state index is 4.77. The van der Waals surface area contributed by atoms with Crippen molar-refractivity contribution >= 4 is 0 Å². The molecule has 4 aromatic heterocycles. The van der Waals surface area contributed by atoms with Gasteiger partial charge in [0.1, 0.15) is 11.4 Å². The molecule has 0 saturated heterocycles. The highest BCUT2D eigenvalue weighted by atomic mass is 15.4. The normalized spacial score (nSPS) is 11.4. The van der Waals surface area contributed by atoms with Crippen LogP contribution in [0.4, 0.5) is 0 Å². The summed E-state index contributed by atoms with van der Waals surface area (Å²) in [5.74, 6) is 2.05. The monoisotopic (exact) mass is 347 g/mol. The van der Waals surface area contributed by atoms with Crippen LogP contribution in [0.1, 0.15) is 19.7 Å². The number of aromatic amines is 1. The van der Waals surface area contributed by atoms with Gasteiger partial charge in [-0.2, -0.15) is 10.2 Å². The van der Waals surface area contributed by atoms with Gasteiger partial charge >= 0.3 is 0 Å². The Morgan fingerprint density at radius 3 is 2.65 bits per heavy atom. The first-order valence-electron chi connectivity index (χ1n) is 8.65. The Hall–Kier alpha value is -3.22. The van der Waals surface area contributed by atoms with Crippen LogP contribution >= 0.6 is 0 Å². The lowest BCUT2D eigenvalue weighted by atomic mass is 10.1. The molecule has 132 valence electrons. The lowest BCUT2D eigenvalue weighted by molar-refractivity contribution is 0.618. The Morgan fingerprint density at radius 2 is 1.96 bits per heavy atom. The van der Waals surface area contributed by atoms with Crippen molar-refractivity contribution in [2.45, 2.75) is 20.3 Å². The fourth-order valence-corrected chi connectivity index (χ4v) is 2.94. The van der Waals surface area contributed by atoms with Crippen LogP contribution in [0.25, 0.3) is 28.6 Å². The van der Waals surface area contributed by atoms with Gasteiger partial charge in [-0.25, -0.2) is 9.67 Å². The molecule has 4 aromatic rings. The summed E-state index contributed by atoms with van der Waals surface area (Å²) in [5, 5.41) is 12.3. The zero-order chi connectivity index (χ0) is 18.1. The maximum Gasteiger partial charge on any atom is 0.181 e. The lowest BCUT2D eigenvalue weighted by Gasteiger charge is -2.03. The minimum absolute atomic E-state index is 0.483. The Labute approximate surface area is 151 Å². The molecule has 0 unspecified atom stereocenters. The quantitative estimate of drug-likeness (QED) is 0.601. The van der Waals surface area contributed by atoms with Gasteiger partial charge in [-0.3, -0.25) is 10.1 Å². The summed E-state index contributed by atoms with van der Waals surface area (Å²) >= 11 is 0. The number of H-pyrrole nitrogens is 1. The van der Waals surface area contributed by atoms with Crippen molar-refractivity contribution in [2.75, 3.05) is 0 Å². The molecule has 4 rings (SSSR count). The van der Waals surface area contributed by atoms with Crippen molar-refractivity contribution in [3.05, 3.63) is 54.7 Å². The fraction of sp³-hybridized carbons (Fsp3) is 0.263. The number of nitrogens with zero attached hydrogens (tertiary/aromatic N) is 6. The van der Waals surface area contributed by atoms with E-state index in [1.165, 1.54) is 0 Å². The van der Waals surface area contributed by atoms with Gasteiger partial charge in [-0.05, 0) is 36.2 Å². The number of rotatable bonds is 5. The van der Waals surface area contributed by atoms with Gasteiger partial charge in [0, 0.05) is 32.1 Å². The van der Waals surface area contributed by atoms with Gasteiger partial charge < -0.3 is 4.57 Å². The van der Waals surface area contributed by atoms with Gasteiger partial charge in [-0.15, -0.1) is 0 Å². The molecule has 0 spiro atoms. The van der Waals surface area contributed by atoms with Gasteiger partial charge in [0.15, 0.2) is 11.6 Å². The molecule has 0 atom stereocenters. The highest BCUT2D eigenvalue weighted by molar-refractivity contribution is 5.63. The Bertz CT molecular complexity index is 1010. The highest BCUT2D eigenvalue weighted by Gasteiger charge is 2.17. The molecule has 7 heteroatoms. The summed E-state index contributed by atoms with van der Waals surface area (Å²) < 4.78 is 3.89. The van der Waals surface area contributed by atoms with Crippen LogP contribution < -0.4 is 0 Å². The van der Waals surface area contributed by atoms with Crippen molar-refractivity contribution in [1.82, 2.24) is 34.5 Å². The van der Waals surface area contributed by atoms with Crippen LogP contribution in [0.3, 0.4) is 0 Å². The van der Waals surface area contributed by atoms with E-state index < -0.39 is 0 Å². The van der Waals surface area contributed by atoms with E-state index >= 15 is 0 Å². The minimum atomic E-state index is 0.483. The molecule has 0 bridgehead atoms. The number of pyridine rings is 1. The molecule has 0 aliphatic carbocycles. The standard InChI is InChI=1S/C19H21N7/c1-13(2)11-18-21-19(26(24-18)14-6-8-20-9-7-14)16-12-15(22-23-16)17-5-4-10-25(17)3/h4-10,12-13H,11H2,1-3H3,(H,22,23). The molecule has 0 radical (unpaired) electrons. The third kappa shape index (κ3) is 3.03. The van der Waals surface area contributed by atoms with Crippen molar-refractivity contribution in [1.29, 1.82) is 0 Å². The van der Waals surface area contributed by atoms with Crippen LogP contribution in [0.5, 0.6) is 0 Å². The number of hydrogen-bond acceptors (Lipinski definition) is 4. The average molecular weight is 347 g/mol. The summed E-state index contributed by atoms with van der Waals surface area (Å²) in [5.41, 5.74) is 3.68. The van der Waals surface area contributed by atoms with Crippen molar-refractivity contribution < 1.29 is 0 Å². The van der Waals surface area contributed by atoms with E-state index in [1.54, 1.807) is 12.4 Å². The van der Waals surface area contributed by atoms with E-state index in [-0.39, 0.29) is 0 Å². The summed E-state index contributed by atoms with van der Waals surface area (Å²) in [4.78, 5) is 8.86. The van der Waals surface area contributed by atoms with E-state index in [0.717, 1.165) is 40.8 Å². The molecular formula is C19H21N7. The molecular weight excluding hydrogens is 326 g/mol. The van der Waals surface area contributed by atoms with Crippen LogP contribution in [0.2, 0.25) is 0 Å². The van der Waals surface area contributed by atoms with Crippen LogP contribution in [-0.4, -0.2) is 34.5 Å². The van der Waals surface area contributed by atoms with Gasteiger partial charge in [-0.1, -0.05) is 13.8 Å². The second kappa shape index (κ2) is 6.59. The van der Waals surface area contributed by atoms with Gasteiger partial charge in [0.25, 0.3) is 0 Å². The molecule has 7 nitrogen and oxygen atoms in total. The van der Waals surface area contributed by atoms with Crippen molar-refractivity contribution in [2.24, 2.45) is 13.0 Å². The van der Waals surface area contributed by atoms with Crippen LogP contribution in [0, 0.1) is 5.92 Å². The molecule has 0 fully saturated rings. The number of nitrogens with one attached hydrogen (secondary N) is 1. The average Bonchev–Trinajstić information content (AvgIpc) is 3.34. The topological polar surface area (TPSA) is 77.2 Å².